The van der Waals surface area contributed by atoms with Gasteiger partial charge in [-0.1, -0.05) is 11.3 Å². The van der Waals surface area contributed by atoms with Crippen molar-refractivity contribution in [3.8, 4) is 11.5 Å². The molecule has 1 aromatic heterocycles. The minimum absolute atomic E-state index is 0.0726. The molecule has 31 heavy (non-hydrogen) atoms. The number of allylic oxidation sites excluding steroid dienone is 1. The predicted octanol–water partition coefficient (Wildman–Crippen LogP) is 3.13. The molecule has 0 radical (unpaired) electrons. The number of rotatable bonds is 6. The number of thiazole rings is 1. The second kappa shape index (κ2) is 7.78. The van der Waals surface area contributed by atoms with Gasteiger partial charge in [0.15, 0.2) is 26.5 Å². The third-order valence-corrected chi connectivity index (χ3v) is 6.94. The molecular weight excluding hydrogens is 440 g/mol. The summed E-state index contributed by atoms with van der Waals surface area (Å²) in [5.74, 6) is -0.0686. The lowest BCUT2D eigenvalue weighted by molar-refractivity contribution is 0.0978. The predicted molar refractivity (Wildman–Crippen MR) is 118 cm³/mol. The minimum atomic E-state index is -3.32. The molecule has 1 aliphatic rings. The molecule has 4 rings (SSSR count). The van der Waals surface area contributed by atoms with Crippen LogP contribution in [-0.2, 0) is 9.84 Å². The molecule has 3 aromatic rings. The molecule has 0 saturated heterocycles. The highest BCUT2D eigenvalue weighted by atomic mass is 32.2. The second-order valence-corrected chi connectivity index (χ2v) is 9.90. The normalized spacial score (nSPS) is 13.7. The molecule has 10 heteroatoms. The van der Waals surface area contributed by atoms with E-state index in [2.05, 4.69) is 10.3 Å². The van der Waals surface area contributed by atoms with Crippen LogP contribution in [0, 0.1) is 0 Å². The van der Waals surface area contributed by atoms with Crippen molar-refractivity contribution in [2.75, 3.05) is 32.3 Å². The van der Waals surface area contributed by atoms with Crippen molar-refractivity contribution in [2.24, 2.45) is 0 Å². The van der Waals surface area contributed by atoms with Crippen LogP contribution < -0.4 is 14.8 Å². The SMILES string of the molecule is COc1ccc(OC)c2c1C(=O)C=C(CNc1nc3ccc(S(C)(=O)=O)cc3s1)C2=O. The Morgan fingerprint density at radius 2 is 1.71 bits per heavy atom. The Morgan fingerprint density at radius 3 is 2.35 bits per heavy atom. The lowest BCUT2D eigenvalue weighted by Crippen LogP contribution is -2.23. The highest BCUT2D eigenvalue weighted by Crippen LogP contribution is 2.36. The zero-order valence-corrected chi connectivity index (χ0v) is 18.5. The van der Waals surface area contributed by atoms with Gasteiger partial charge in [-0.15, -0.1) is 0 Å². The van der Waals surface area contributed by atoms with Gasteiger partial charge in [0, 0.05) is 18.4 Å². The number of ether oxygens (including phenoxy) is 2. The summed E-state index contributed by atoms with van der Waals surface area (Å²) in [5.41, 5.74) is 1.26. The third-order valence-electron chi connectivity index (χ3n) is 4.86. The molecule has 8 nitrogen and oxygen atoms in total. The Hall–Kier alpha value is -3.24. The van der Waals surface area contributed by atoms with Crippen LogP contribution in [0.2, 0.25) is 0 Å². The number of nitrogens with one attached hydrogen (secondary N) is 1. The number of benzene rings is 2. The standard InChI is InChI=1S/C21H18N2O6S2/c1-28-15-6-7-16(29-2)19-18(15)14(24)8-11(20(19)25)10-22-21-23-13-5-4-12(31(3,26)27)9-17(13)30-21/h4-9H,10H2,1-3H3,(H,22,23). The van der Waals surface area contributed by atoms with Gasteiger partial charge >= 0.3 is 0 Å². The molecule has 0 atom stereocenters. The van der Waals surface area contributed by atoms with Crippen LogP contribution in [0.4, 0.5) is 5.13 Å². The first-order chi connectivity index (χ1) is 14.7. The van der Waals surface area contributed by atoms with Gasteiger partial charge in [0.2, 0.25) is 0 Å². The highest BCUT2D eigenvalue weighted by molar-refractivity contribution is 7.90. The maximum absolute atomic E-state index is 13.1. The van der Waals surface area contributed by atoms with Gasteiger partial charge in [-0.25, -0.2) is 13.4 Å². The molecule has 0 aliphatic heterocycles. The number of aromatic nitrogens is 1. The number of anilines is 1. The van der Waals surface area contributed by atoms with Gasteiger partial charge in [0.05, 0.1) is 40.5 Å². The van der Waals surface area contributed by atoms with E-state index in [0.29, 0.717) is 26.8 Å². The molecule has 0 fully saturated rings. The number of fused-ring (bicyclic) bond motifs is 2. The summed E-state index contributed by atoms with van der Waals surface area (Å²) in [5, 5.41) is 3.56. The number of ketones is 2. The van der Waals surface area contributed by atoms with Gasteiger partial charge in [0.25, 0.3) is 0 Å². The van der Waals surface area contributed by atoms with E-state index in [1.807, 2.05) is 0 Å². The topological polar surface area (TPSA) is 112 Å². The van der Waals surface area contributed by atoms with Crippen LogP contribution in [0.15, 0.2) is 46.9 Å². The Morgan fingerprint density at radius 1 is 1.03 bits per heavy atom. The monoisotopic (exact) mass is 458 g/mol. The maximum atomic E-state index is 13.1. The fourth-order valence-electron chi connectivity index (χ4n) is 3.34. The van der Waals surface area contributed by atoms with Crippen LogP contribution in [0.25, 0.3) is 10.2 Å². The average Bonchev–Trinajstić information content (AvgIpc) is 3.15. The number of sulfone groups is 1. The number of nitrogens with zero attached hydrogens (tertiary/aromatic N) is 1. The summed E-state index contributed by atoms with van der Waals surface area (Å²) in [4.78, 5) is 30.4. The third kappa shape index (κ3) is 3.79. The molecule has 0 saturated carbocycles. The van der Waals surface area contributed by atoms with Gasteiger partial charge in [0.1, 0.15) is 11.5 Å². The molecule has 0 unspecified atom stereocenters. The largest absolute Gasteiger partial charge is 0.496 e. The summed E-state index contributed by atoms with van der Waals surface area (Å²) >= 11 is 1.26. The van der Waals surface area contributed by atoms with Gasteiger partial charge in [-0.05, 0) is 36.4 Å². The molecule has 0 bridgehead atoms. The van der Waals surface area contributed by atoms with Gasteiger partial charge in [-0.2, -0.15) is 0 Å². The molecule has 1 heterocycles. The van der Waals surface area contributed by atoms with Gasteiger partial charge < -0.3 is 14.8 Å². The number of hydrogen-bond donors (Lipinski definition) is 1. The maximum Gasteiger partial charge on any atom is 0.195 e. The van der Waals surface area contributed by atoms with E-state index in [-0.39, 0.29) is 39.7 Å². The van der Waals surface area contributed by atoms with E-state index in [9.17, 15) is 18.0 Å². The molecule has 1 N–H and O–H groups in total. The lowest BCUT2D eigenvalue weighted by Gasteiger charge is -2.20. The van der Waals surface area contributed by atoms with Crippen LogP contribution in [0.1, 0.15) is 20.7 Å². The molecule has 1 aliphatic carbocycles. The summed E-state index contributed by atoms with van der Waals surface area (Å²) in [6, 6.07) is 7.88. The zero-order chi connectivity index (χ0) is 22.3. The average molecular weight is 459 g/mol. The fraction of sp³-hybridized carbons (Fsp3) is 0.190. The van der Waals surface area contributed by atoms with E-state index < -0.39 is 9.84 Å². The summed E-state index contributed by atoms with van der Waals surface area (Å²) in [7, 11) is -0.458. The Labute approximate surface area is 182 Å². The van der Waals surface area contributed by atoms with Crippen molar-refractivity contribution in [1.29, 1.82) is 0 Å². The quantitative estimate of drug-likeness (QED) is 0.600. The highest BCUT2D eigenvalue weighted by Gasteiger charge is 2.31. The van der Waals surface area contributed by atoms with Crippen LogP contribution >= 0.6 is 11.3 Å². The molecular formula is C21H18N2O6S2. The first-order valence-corrected chi connectivity index (χ1v) is 11.8. The summed E-state index contributed by atoms with van der Waals surface area (Å²) in [6.07, 6.45) is 2.43. The van der Waals surface area contributed by atoms with Crippen LogP contribution in [0.3, 0.4) is 0 Å². The lowest BCUT2D eigenvalue weighted by atomic mass is 9.88. The van der Waals surface area contributed by atoms with E-state index in [0.717, 1.165) is 6.26 Å². The van der Waals surface area contributed by atoms with Gasteiger partial charge in [-0.3, -0.25) is 9.59 Å². The van der Waals surface area contributed by atoms with Crippen molar-refractivity contribution in [1.82, 2.24) is 4.98 Å². The number of carbonyl (C=O) groups excluding carboxylic acids is 2. The Kier molecular flexibility index (Phi) is 5.28. The van der Waals surface area contributed by atoms with Crippen molar-refractivity contribution < 1.29 is 27.5 Å². The zero-order valence-electron chi connectivity index (χ0n) is 16.9. The molecule has 2 aromatic carbocycles. The molecule has 160 valence electrons. The van der Waals surface area contributed by atoms with E-state index in [1.165, 1.54) is 37.7 Å². The summed E-state index contributed by atoms with van der Waals surface area (Å²) in [6.45, 7) is 0.0726. The van der Waals surface area contributed by atoms with E-state index in [4.69, 9.17) is 9.47 Å². The fourth-order valence-corrected chi connectivity index (χ4v) is 4.97. The molecule has 0 spiro atoms. The second-order valence-electron chi connectivity index (χ2n) is 6.86. The number of carbonyl (C=O) groups is 2. The van der Waals surface area contributed by atoms with Crippen LogP contribution in [0.5, 0.6) is 11.5 Å². The van der Waals surface area contributed by atoms with Crippen molar-refractivity contribution >= 4 is 48.1 Å². The Balaban J connectivity index is 1.62. The summed E-state index contributed by atoms with van der Waals surface area (Å²) < 4.78 is 34.7. The van der Waals surface area contributed by atoms with Crippen LogP contribution in [-0.4, -0.2) is 52.0 Å². The van der Waals surface area contributed by atoms with E-state index in [1.54, 1.807) is 24.3 Å². The van der Waals surface area contributed by atoms with Crippen molar-refractivity contribution in [3.05, 3.63) is 53.1 Å². The number of methoxy groups -OCH3 is 2. The first kappa shape index (κ1) is 21.0. The Bertz CT molecular complexity index is 1370. The van der Waals surface area contributed by atoms with Crippen molar-refractivity contribution in [2.45, 2.75) is 4.90 Å². The number of hydrogen-bond acceptors (Lipinski definition) is 9. The number of Topliss-reactive ketones (excluding diaryl/α,β-unsaturated/α-hetero) is 1. The molecule has 0 amide bonds. The van der Waals surface area contributed by atoms with E-state index >= 15 is 0 Å². The van der Waals surface area contributed by atoms with Crippen molar-refractivity contribution in [3.63, 3.8) is 0 Å². The minimum Gasteiger partial charge on any atom is -0.496 e. The smallest absolute Gasteiger partial charge is 0.195 e. The first-order valence-electron chi connectivity index (χ1n) is 9.12.